The first kappa shape index (κ1) is 11.1. The molecule has 0 spiro atoms. The number of nitrogens with one attached hydrogen (secondary N) is 1. The highest BCUT2D eigenvalue weighted by Crippen LogP contribution is 2.26. The smallest absolute Gasteiger partial charge is 0.107 e. The van der Waals surface area contributed by atoms with Crippen molar-refractivity contribution in [3.8, 4) is 0 Å². The van der Waals surface area contributed by atoms with Crippen LogP contribution in [0, 0.1) is 0 Å². The van der Waals surface area contributed by atoms with Crippen molar-refractivity contribution >= 4 is 28.9 Å². The Labute approximate surface area is 101 Å². The highest BCUT2D eigenvalue weighted by molar-refractivity contribution is 6.44. The van der Waals surface area contributed by atoms with E-state index in [1.165, 1.54) is 17.7 Å². The van der Waals surface area contributed by atoms with E-state index in [4.69, 9.17) is 23.2 Å². The van der Waals surface area contributed by atoms with Gasteiger partial charge in [-0.1, -0.05) is 18.2 Å². The predicted octanol–water partition coefficient (Wildman–Crippen LogP) is 4.00. The van der Waals surface area contributed by atoms with E-state index in [-0.39, 0.29) is 4.84 Å². The number of benzene rings is 1. The molecule has 0 radical (unpaired) electrons. The van der Waals surface area contributed by atoms with E-state index >= 15 is 0 Å². The molecule has 0 unspecified atom stereocenters. The maximum atomic E-state index is 5.73. The molecule has 0 saturated carbocycles. The molecule has 1 aliphatic rings. The minimum Gasteiger partial charge on any atom is -0.382 e. The van der Waals surface area contributed by atoms with Crippen LogP contribution in [0.4, 0.5) is 5.69 Å². The molecule has 0 aliphatic carbocycles. The van der Waals surface area contributed by atoms with Gasteiger partial charge in [-0.3, -0.25) is 0 Å². The second-order valence-corrected chi connectivity index (χ2v) is 5.28. The monoisotopic (exact) mass is 243 g/mol. The summed E-state index contributed by atoms with van der Waals surface area (Å²) in [5.41, 5.74) is 2.69. The lowest BCUT2D eigenvalue weighted by Crippen LogP contribution is -2.25. The lowest BCUT2D eigenvalue weighted by Gasteiger charge is -2.27. The van der Waals surface area contributed by atoms with Crippen molar-refractivity contribution < 1.29 is 0 Å². The zero-order valence-electron chi connectivity index (χ0n) is 8.55. The van der Waals surface area contributed by atoms with Gasteiger partial charge in [0, 0.05) is 11.7 Å². The van der Waals surface area contributed by atoms with Gasteiger partial charge < -0.3 is 5.32 Å². The Hall–Kier alpha value is -0.400. The fourth-order valence-electron chi connectivity index (χ4n) is 2.04. The summed E-state index contributed by atoms with van der Waals surface area (Å²) in [5.74, 6) is 0. The number of hydrogen-bond donors (Lipinski definition) is 1. The Morgan fingerprint density at radius 2 is 2.13 bits per heavy atom. The molecule has 1 aliphatic heterocycles. The van der Waals surface area contributed by atoms with E-state index in [2.05, 4.69) is 29.6 Å². The van der Waals surface area contributed by atoms with Gasteiger partial charge in [-0.25, -0.2) is 0 Å². The summed E-state index contributed by atoms with van der Waals surface area (Å²) in [6, 6.07) is 9.01. The SMILES string of the molecule is ClC(Cl)CC[C@@H]1CCc2ccccc2N1. The number of halogens is 2. The maximum Gasteiger partial charge on any atom is 0.107 e. The number of fused-ring (bicyclic) bond motifs is 1. The van der Waals surface area contributed by atoms with Crippen LogP contribution in [0.25, 0.3) is 0 Å². The van der Waals surface area contributed by atoms with Gasteiger partial charge in [-0.2, -0.15) is 0 Å². The minimum absolute atomic E-state index is 0.232. The molecule has 0 amide bonds. The number of rotatable bonds is 3. The van der Waals surface area contributed by atoms with Gasteiger partial charge in [0.15, 0.2) is 0 Å². The molecule has 1 aromatic carbocycles. The van der Waals surface area contributed by atoms with E-state index in [0.29, 0.717) is 6.04 Å². The topological polar surface area (TPSA) is 12.0 Å². The molecule has 2 rings (SSSR count). The third-order valence-corrected chi connectivity index (χ3v) is 3.31. The first-order valence-corrected chi connectivity index (χ1v) is 6.25. The van der Waals surface area contributed by atoms with Gasteiger partial charge in [0.05, 0.1) is 0 Å². The van der Waals surface area contributed by atoms with Crippen LogP contribution in [0.5, 0.6) is 0 Å². The molecule has 1 nitrogen and oxygen atoms in total. The van der Waals surface area contributed by atoms with Gasteiger partial charge in [0.1, 0.15) is 4.84 Å². The van der Waals surface area contributed by atoms with Crippen molar-refractivity contribution in [2.75, 3.05) is 5.32 Å². The first-order chi connectivity index (χ1) is 7.25. The molecule has 1 aromatic rings. The van der Waals surface area contributed by atoms with Crippen LogP contribution in [0.15, 0.2) is 24.3 Å². The fourth-order valence-corrected chi connectivity index (χ4v) is 2.30. The molecular weight excluding hydrogens is 229 g/mol. The quantitative estimate of drug-likeness (QED) is 0.792. The maximum absolute atomic E-state index is 5.73. The summed E-state index contributed by atoms with van der Waals surface area (Å²) in [5, 5.41) is 3.54. The van der Waals surface area contributed by atoms with Crippen LogP contribution in [-0.4, -0.2) is 10.9 Å². The van der Waals surface area contributed by atoms with Crippen LogP contribution in [0.1, 0.15) is 24.8 Å². The van der Waals surface area contributed by atoms with Gasteiger partial charge in [0.2, 0.25) is 0 Å². The first-order valence-electron chi connectivity index (χ1n) is 5.38. The van der Waals surface area contributed by atoms with Crippen LogP contribution >= 0.6 is 23.2 Å². The molecular formula is C12H15Cl2N. The van der Waals surface area contributed by atoms with Crippen LogP contribution < -0.4 is 5.32 Å². The predicted molar refractivity (Wildman–Crippen MR) is 66.9 cm³/mol. The molecule has 15 heavy (non-hydrogen) atoms. The summed E-state index contributed by atoms with van der Waals surface area (Å²) < 4.78 is 0. The van der Waals surface area contributed by atoms with E-state index in [0.717, 1.165) is 19.3 Å². The highest BCUT2D eigenvalue weighted by atomic mass is 35.5. The molecule has 0 aromatic heterocycles. The Kier molecular flexibility index (Phi) is 3.76. The molecule has 1 N–H and O–H groups in total. The fraction of sp³-hybridized carbons (Fsp3) is 0.500. The molecule has 0 bridgehead atoms. The zero-order valence-corrected chi connectivity index (χ0v) is 10.1. The van der Waals surface area contributed by atoms with Crippen molar-refractivity contribution in [1.82, 2.24) is 0 Å². The van der Waals surface area contributed by atoms with Crippen LogP contribution in [-0.2, 0) is 6.42 Å². The number of hydrogen-bond acceptors (Lipinski definition) is 1. The third kappa shape index (κ3) is 3.02. The minimum atomic E-state index is -0.232. The van der Waals surface area contributed by atoms with E-state index in [1.807, 2.05) is 0 Å². The summed E-state index contributed by atoms with van der Waals surface area (Å²) in [6.45, 7) is 0. The number of aryl methyl sites for hydroxylation is 1. The second-order valence-electron chi connectivity index (χ2n) is 4.01. The standard InChI is InChI=1S/C12H15Cl2N/c13-12(14)8-7-10-6-5-9-3-1-2-4-11(9)15-10/h1-4,10,12,15H,5-8H2/t10-/m0/s1. The van der Waals surface area contributed by atoms with Crippen molar-refractivity contribution in [1.29, 1.82) is 0 Å². The van der Waals surface area contributed by atoms with E-state index in [9.17, 15) is 0 Å². The summed E-state index contributed by atoms with van der Waals surface area (Å²) in [4.78, 5) is -0.232. The molecule has 1 atom stereocenters. The van der Waals surface area contributed by atoms with E-state index in [1.54, 1.807) is 0 Å². The van der Waals surface area contributed by atoms with Gasteiger partial charge in [-0.15, -0.1) is 23.2 Å². The lowest BCUT2D eigenvalue weighted by atomic mass is 9.96. The Morgan fingerprint density at radius 1 is 1.33 bits per heavy atom. The zero-order chi connectivity index (χ0) is 10.7. The Morgan fingerprint density at radius 3 is 2.93 bits per heavy atom. The van der Waals surface area contributed by atoms with Gasteiger partial charge in [-0.05, 0) is 37.3 Å². The molecule has 3 heteroatoms. The number of alkyl halides is 2. The van der Waals surface area contributed by atoms with E-state index < -0.39 is 0 Å². The summed E-state index contributed by atoms with van der Waals surface area (Å²) >= 11 is 11.5. The number of para-hydroxylation sites is 1. The average Bonchev–Trinajstić information content (AvgIpc) is 2.26. The Bertz CT molecular complexity index is 325. The summed E-state index contributed by atoms with van der Waals surface area (Å²) in [6.07, 6.45) is 4.25. The number of anilines is 1. The largest absolute Gasteiger partial charge is 0.382 e. The van der Waals surface area contributed by atoms with Gasteiger partial charge >= 0.3 is 0 Å². The molecule has 82 valence electrons. The highest BCUT2D eigenvalue weighted by Gasteiger charge is 2.17. The van der Waals surface area contributed by atoms with Crippen molar-refractivity contribution in [3.63, 3.8) is 0 Å². The second kappa shape index (κ2) is 5.09. The van der Waals surface area contributed by atoms with Gasteiger partial charge in [0.25, 0.3) is 0 Å². The van der Waals surface area contributed by atoms with Crippen molar-refractivity contribution in [2.24, 2.45) is 0 Å². The third-order valence-electron chi connectivity index (χ3n) is 2.87. The Balaban J connectivity index is 1.94. The van der Waals surface area contributed by atoms with Crippen LogP contribution in [0.3, 0.4) is 0 Å². The lowest BCUT2D eigenvalue weighted by molar-refractivity contribution is 0.574. The average molecular weight is 244 g/mol. The van der Waals surface area contributed by atoms with Crippen LogP contribution in [0.2, 0.25) is 0 Å². The molecule has 0 saturated heterocycles. The van der Waals surface area contributed by atoms with Crippen molar-refractivity contribution in [3.05, 3.63) is 29.8 Å². The summed E-state index contributed by atoms with van der Waals surface area (Å²) in [7, 11) is 0. The molecule has 1 heterocycles. The molecule has 0 fully saturated rings. The van der Waals surface area contributed by atoms with Crippen molar-refractivity contribution in [2.45, 2.75) is 36.6 Å². The normalized spacial score (nSPS) is 19.8.